The molecule has 3 aromatic rings. The monoisotopic (exact) mass is 502 g/mol. The van der Waals surface area contributed by atoms with Crippen LogP contribution in [0.2, 0.25) is 0 Å². The summed E-state index contributed by atoms with van der Waals surface area (Å²) in [6.07, 6.45) is 0.758. The molecular formula is C29H31FN4O3. The van der Waals surface area contributed by atoms with E-state index in [1.165, 1.54) is 12.1 Å². The molecule has 2 heterocycles. The van der Waals surface area contributed by atoms with Crippen molar-refractivity contribution in [2.45, 2.75) is 18.5 Å². The first-order valence-electron chi connectivity index (χ1n) is 12.4. The number of likely N-dealkylation sites (N-methyl/N-ethyl adjacent to an activating group) is 1. The SMILES string of the molecule is CN(C)C(=O)c1cccc(-c2ccc3c(c2)[C@@H]2[C@@H](CCN2C(=O)Nc2ccc(F)cc2)[C@H](CO)N3C)c1. The highest BCUT2D eigenvalue weighted by Gasteiger charge is 2.47. The van der Waals surface area contributed by atoms with Gasteiger partial charge in [-0.3, -0.25) is 4.79 Å². The molecule has 192 valence electrons. The van der Waals surface area contributed by atoms with E-state index >= 15 is 0 Å². The number of rotatable bonds is 4. The van der Waals surface area contributed by atoms with Crippen molar-refractivity contribution < 1.29 is 19.1 Å². The molecule has 0 aromatic heterocycles. The summed E-state index contributed by atoms with van der Waals surface area (Å²) in [5.41, 5.74) is 4.97. The zero-order valence-electron chi connectivity index (χ0n) is 21.2. The quantitative estimate of drug-likeness (QED) is 0.547. The molecule has 8 heteroatoms. The second kappa shape index (κ2) is 9.86. The van der Waals surface area contributed by atoms with Crippen molar-refractivity contribution in [1.82, 2.24) is 9.80 Å². The Labute approximate surface area is 216 Å². The van der Waals surface area contributed by atoms with E-state index in [1.54, 1.807) is 37.2 Å². The van der Waals surface area contributed by atoms with Crippen LogP contribution in [0.25, 0.3) is 11.1 Å². The predicted molar refractivity (Wildman–Crippen MR) is 142 cm³/mol. The maximum Gasteiger partial charge on any atom is 0.322 e. The molecule has 0 saturated carbocycles. The molecule has 0 spiro atoms. The number of likely N-dealkylation sites (tertiary alicyclic amines) is 1. The van der Waals surface area contributed by atoms with Gasteiger partial charge in [0.1, 0.15) is 5.82 Å². The van der Waals surface area contributed by atoms with Crippen LogP contribution in [0, 0.1) is 11.7 Å². The van der Waals surface area contributed by atoms with Gasteiger partial charge in [-0.15, -0.1) is 0 Å². The summed E-state index contributed by atoms with van der Waals surface area (Å²) in [6, 6.07) is 18.8. The lowest BCUT2D eigenvalue weighted by atomic mass is 9.81. The molecule has 2 aliphatic heterocycles. The minimum atomic E-state index is -0.363. The average molecular weight is 503 g/mol. The first kappa shape index (κ1) is 24.8. The van der Waals surface area contributed by atoms with Gasteiger partial charge in [0.15, 0.2) is 0 Å². The van der Waals surface area contributed by atoms with Gasteiger partial charge < -0.3 is 25.1 Å². The summed E-state index contributed by atoms with van der Waals surface area (Å²) >= 11 is 0. The second-order valence-electron chi connectivity index (χ2n) is 9.94. The zero-order chi connectivity index (χ0) is 26.3. The molecule has 3 atom stereocenters. The Hall–Kier alpha value is -3.91. The van der Waals surface area contributed by atoms with Crippen LogP contribution in [0.4, 0.5) is 20.6 Å². The lowest BCUT2D eigenvalue weighted by Crippen LogP contribution is -2.48. The number of carbonyl (C=O) groups is 2. The van der Waals surface area contributed by atoms with Gasteiger partial charge in [0.2, 0.25) is 0 Å². The summed E-state index contributed by atoms with van der Waals surface area (Å²) in [6.45, 7) is 0.532. The molecule has 3 amide bonds. The number of aliphatic hydroxyl groups excluding tert-OH is 1. The van der Waals surface area contributed by atoms with E-state index in [9.17, 15) is 19.1 Å². The van der Waals surface area contributed by atoms with E-state index in [0.29, 0.717) is 17.8 Å². The third-order valence-electron chi connectivity index (χ3n) is 7.55. The molecule has 2 aliphatic rings. The van der Waals surface area contributed by atoms with Crippen molar-refractivity contribution in [2.24, 2.45) is 5.92 Å². The number of halogens is 1. The smallest absolute Gasteiger partial charge is 0.322 e. The molecule has 7 nitrogen and oxygen atoms in total. The average Bonchev–Trinajstić information content (AvgIpc) is 3.35. The van der Waals surface area contributed by atoms with Crippen LogP contribution in [0.15, 0.2) is 66.7 Å². The third-order valence-corrected chi connectivity index (χ3v) is 7.55. The van der Waals surface area contributed by atoms with Gasteiger partial charge in [0.25, 0.3) is 5.91 Å². The minimum absolute atomic E-state index is 0.0129. The number of carbonyl (C=O) groups excluding carboxylic acids is 2. The van der Waals surface area contributed by atoms with Crippen molar-refractivity contribution in [3.8, 4) is 11.1 Å². The standard InChI is InChI=1S/C29H31FN4O3/c1-32(2)28(36)20-6-4-5-18(15-20)19-7-12-25-24(16-19)27-23(26(17-35)33(25)3)13-14-34(27)29(37)31-22-10-8-21(30)9-11-22/h4-12,15-16,23,26-27,35H,13-14,17H2,1-3H3,(H,31,37)/t23-,26-,27-/m0/s1. The lowest BCUT2D eigenvalue weighted by Gasteiger charge is -2.44. The van der Waals surface area contributed by atoms with Gasteiger partial charge in [-0.2, -0.15) is 0 Å². The van der Waals surface area contributed by atoms with Crippen LogP contribution in [-0.4, -0.2) is 67.2 Å². The molecule has 0 radical (unpaired) electrons. The number of anilines is 2. The summed E-state index contributed by atoms with van der Waals surface area (Å²) < 4.78 is 13.3. The number of hydrogen-bond donors (Lipinski definition) is 2. The van der Waals surface area contributed by atoms with Gasteiger partial charge in [-0.1, -0.05) is 18.2 Å². The Kier molecular flexibility index (Phi) is 6.60. The number of amides is 3. The summed E-state index contributed by atoms with van der Waals surface area (Å²) in [5.74, 6) is -0.374. The van der Waals surface area contributed by atoms with Gasteiger partial charge in [-0.25, -0.2) is 9.18 Å². The number of nitrogens with one attached hydrogen (secondary N) is 1. The molecular weight excluding hydrogens is 471 g/mol. The zero-order valence-corrected chi connectivity index (χ0v) is 21.2. The first-order valence-corrected chi connectivity index (χ1v) is 12.4. The lowest BCUT2D eigenvalue weighted by molar-refractivity contribution is 0.0827. The van der Waals surface area contributed by atoms with Crippen molar-refractivity contribution in [3.63, 3.8) is 0 Å². The minimum Gasteiger partial charge on any atom is -0.394 e. The van der Waals surface area contributed by atoms with Crippen LogP contribution in [0.3, 0.4) is 0 Å². The van der Waals surface area contributed by atoms with Gasteiger partial charge in [0.05, 0.1) is 18.7 Å². The number of benzene rings is 3. The molecule has 0 unspecified atom stereocenters. The Morgan fingerprint density at radius 2 is 1.78 bits per heavy atom. The molecule has 2 N–H and O–H groups in total. The molecule has 1 saturated heterocycles. The summed E-state index contributed by atoms with van der Waals surface area (Å²) in [5, 5.41) is 13.1. The summed E-state index contributed by atoms with van der Waals surface area (Å²) in [4.78, 5) is 31.4. The van der Waals surface area contributed by atoms with E-state index < -0.39 is 0 Å². The molecule has 0 aliphatic carbocycles. The molecule has 3 aromatic carbocycles. The van der Waals surface area contributed by atoms with E-state index in [4.69, 9.17) is 0 Å². The topological polar surface area (TPSA) is 76.1 Å². The molecule has 5 rings (SSSR count). The highest BCUT2D eigenvalue weighted by atomic mass is 19.1. The number of aliphatic hydroxyl groups is 1. The Morgan fingerprint density at radius 1 is 1.05 bits per heavy atom. The Bertz CT molecular complexity index is 1330. The van der Waals surface area contributed by atoms with Crippen LogP contribution in [-0.2, 0) is 0 Å². The Morgan fingerprint density at radius 3 is 2.49 bits per heavy atom. The van der Waals surface area contributed by atoms with E-state index in [0.717, 1.165) is 28.8 Å². The fourth-order valence-corrected chi connectivity index (χ4v) is 5.68. The van der Waals surface area contributed by atoms with E-state index in [-0.39, 0.29) is 42.4 Å². The Balaban J connectivity index is 1.52. The van der Waals surface area contributed by atoms with Crippen LogP contribution in [0.5, 0.6) is 0 Å². The third kappa shape index (κ3) is 4.53. The summed E-state index contributed by atoms with van der Waals surface area (Å²) in [7, 11) is 5.44. The van der Waals surface area contributed by atoms with Crippen LogP contribution < -0.4 is 10.2 Å². The molecule has 37 heavy (non-hydrogen) atoms. The second-order valence-corrected chi connectivity index (χ2v) is 9.94. The van der Waals surface area contributed by atoms with E-state index in [1.807, 2.05) is 42.3 Å². The first-order chi connectivity index (χ1) is 17.8. The maximum absolute atomic E-state index is 13.4. The van der Waals surface area contributed by atoms with Crippen LogP contribution >= 0.6 is 0 Å². The van der Waals surface area contributed by atoms with Crippen molar-refractivity contribution >= 4 is 23.3 Å². The predicted octanol–water partition coefficient (Wildman–Crippen LogP) is 4.60. The largest absolute Gasteiger partial charge is 0.394 e. The van der Waals surface area contributed by atoms with Gasteiger partial charge in [-0.05, 0) is 71.6 Å². The number of hydrogen-bond acceptors (Lipinski definition) is 4. The van der Waals surface area contributed by atoms with Gasteiger partial charge >= 0.3 is 6.03 Å². The van der Waals surface area contributed by atoms with Crippen LogP contribution in [0.1, 0.15) is 28.4 Å². The van der Waals surface area contributed by atoms with Crippen molar-refractivity contribution in [3.05, 3.63) is 83.7 Å². The number of fused-ring (bicyclic) bond motifs is 3. The van der Waals surface area contributed by atoms with Gasteiger partial charge in [0, 0.05) is 50.5 Å². The maximum atomic E-state index is 13.4. The fraction of sp³-hybridized carbons (Fsp3) is 0.310. The highest BCUT2D eigenvalue weighted by Crippen LogP contribution is 2.49. The number of urea groups is 1. The van der Waals surface area contributed by atoms with Crippen molar-refractivity contribution in [2.75, 3.05) is 44.5 Å². The van der Waals surface area contributed by atoms with Crippen molar-refractivity contribution in [1.29, 1.82) is 0 Å². The number of nitrogens with zero attached hydrogens (tertiary/aromatic N) is 3. The molecule has 1 fully saturated rings. The molecule has 0 bridgehead atoms. The normalized spacial score (nSPS) is 20.3. The van der Waals surface area contributed by atoms with E-state index in [2.05, 4.69) is 16.3 Å². The highest BCUT2D eigenvalue weighted by molar-refractivity contribution is 5.95. The fourth-order valence-electron chi connectivity index (χ4n) is 5.68.